The van der Waals surface area contributed by atoms with Gasteiger partial charge in [0.2, 0.25) is 0 Å². The van der Waals surface area contributed by atoms with Gasteiger partial charge in [-0.15, -0.1) is 0 Å². The second kappa shape index (κ2) is 5.55. The van der Waals surface area contributed by atoms with E-state index in [9.17, 15) is 4.79 Å². The first-order valence-corrected chi connectivity index (χ1v) is 11.9. The smallest absolute Gasteiger partial charge is 0.171 e. The second-order valence-electron chi connectivity index (χ2n) is 11.9. The van der Waals surface area contributed by atoms with Crippen molar-refractivity contribution in [3.63, 3.8) is 0 Å². The third-order valence-electron chi connectivity index (χ3n) is 9.61. The third-order valence-corrected chi connectivity index (χ3v) is 9.61. The lowest BCUT2D eigenvalue weighted by molar-refractivity contribution is -0.313. The molecule has 4 aliphatic carbocycles. The van der Waals surface area contributed by atoms with Crippen LogP contribution in [0, 0.1) is 22.7 Å². The Balaban J connectivity index is 1.35. The Kier molecular flexibility index (Phi) is 3.64. The zero-order chi connectivity index (χ0) is 20.3. The van der Waals surface area contributed by atoms with E-state index in [1.165, 1.54) is 5.57 Å². The number of ether oxygens (including phenoxy) is 3. The second-order valence-corrected chi connectivity index (χ2v) is 11.9. The minimum Gasteiger partial charge on any atom is -0.358 e. The van der Waals surface area contributed by atoms with Gasteiger partial charge in [0.05, 0.1) is 13.2 Å². The lowest BCUT2D eigenvalue weighted by Gasteiger charge is -2.52. The van der Waals surface area contributed by atoms with Crippen LogP contribution in [0.15, 0.2) is 11.1 Å². The Hall–Kier alpha value is -0.710. The van der Waals surface area contributed by atoms with Crippen molar-refractivity contribution in [2.75, 3.05) is 13.2 Å². The van der Waals surface area contributed by atoms with Gasteiger partial charge in [0.1, 0.15) is 17.0 Å². The van der Waals surface area contributed by atoms with E-state index in [0.717, 1.165) is 71.0 Å². The largest absolute Gasteiger partial charge is 0.358 e. The maximum absolute atomic E-state index is 12.8. The first-order chi connectivity index (χ1) is 13.7. The zero-order valence-electron chi connectivity index (χ0n) is 18.6. The van der Waals surface area contributed by atoms with E-state index in [4.69, 9.17) is 14.2 Å². The van der Waals surface area contributed by atoms with Crippen LogP contribution >= 0.6 is 0 Å². The van der Waals surface area contributed by atoms with E-state index in [2.05, 4.69) is 27.7 Å². The first kappa shape index (κ1) is 19.0. The summed E-state index contributed by atoms with van der Waals surface area (Å²) in [6, 6.07) is 0. The molecule has 2 aliphatic heterocycles. The van der Waals surface area contributed by atoms with Crippen LogP contribution in [-0.4, -0.2) is 36.0 Å². The Labute approximate surface area is 174 Å². The predicted molar refractivity (Wildman–Crippen MR) is 109 cm³/mol. The Morgan fingerprint density at radius 1 is 1.03 bits per heavy atom. The van der Waals surface area contributed by atoms with Crippen molar-refractivity contribution < 1.29 is 19.0 Å². The molecule has 29 heavy (non-hydrogen) atoms. The fraction of sp³-hybridized carbons (Fsp3) is 0.880. The van der Waals surface area contributed by atoms with E-state index in [1.807, 2.05) is 0 Å². The lowest BCUT2D eigenvalue weighted by Crippen LogP contribution is -2.56. The van der Waals surface area contributed by atoms with Gasteiger partial charge >= 0.3 is 0 Å². The van der Waals surface area contributed by atoms with Crippen molar-refractivity contribution in [3.05, 3.63) is 11.1 Å². The number of fused-ring (bicyclic) bond motifs is 3. The monoisotopic (exact) mass is 400 g/mol. The predicted octanol–water partition coefficient (Wildman–Crippen LogP) is 4.95. The van der Waals surface area contributed by atoms with E-state index in [-0.39, 0.29) is 22.0 Å². The summed E-state index contributed by atoms with van der Waals surface area (Å²) in [4.78, 5) is 12.8. The van der Waals surface area contributed by atoms with E-state index in [0.29, 0.717) is 17.6 Å². The summed E-state index contributed by atoms with van der Waals surface area (Å²) in [5.41, 5.74) is 2.96. The molecule has 160 valence electrons. The summed E-state index contributed by atoms with van der Waals surface area (Å²) < 4.78 is 19.6. The number of rotatable bonds is 1. The van der Waals surface area contributed by atoms with Crippen molar-refractivity contribution >= 4 is 5.78 Å². The highest BCUT2D eigenvalue weighted by Gasteiger charge is 2.79. The normalized spacial score (nSPS) is 49.3. The summed E-state index contributed by atoms with van der Waals surface area (Å²) in [7, 11) is 0. The molecule has 3 saturated carbocycles. The Morgan fingerprint density at radius 3 is 2.52 bits per heavy atom. The molecule has 5 fully saturated rings. The van der Waals surface area contributed by atoms with Crippen LogP contribution in [0.4, 0.5) is 0 Å². The lowest BCUT2D eigenvalue weighted by atomic mass is 9.52. The molecular formula is C25H36O4. The van der Waals surface area contributed by atoms with Crippen LogP contribution in [0.2, 0.25) is 0 Å². The minimum absolute atomic E-state index is 0.0842. The van der Waals surface area contributed by atoms with E-state index < -0.39 is 5.79 Å². The average Bonchev–Trinajstić information content (AvgIpc) is 3.28. The number of epoxide rings is 1. The average molecular weight is 401 g/mol. The SMILES string of the molecule is CCC1=C2[C@@H](CC[C@@]34CC5(CC[C@@]23O4)OCC(C)(C)CO5)[C@@H]2CCC(=O)[C@@]2(C)C1. The van der Waals surface area contributed by atoms with Crippen LogP contribution < -0.4 is 0 Å². The molecule has 1 spiro atoms. The van der Waals surface area contributed by atoms with Crippen molar-refractivity contribution in [1.82, 2.24) is 0 Å². The summed E-state index contributed by atoms with van der Waals surface area (Å²) in [5, 5.41) is 0. The van der Waals surface area contributed by atoms with Gasteiger partial charge in [-0.05, 0) is 55.9 Å². The summed E-state index contributed by atoms with van der Waals surface area (Å²) in [6.07, 6.45) is 8.95. The molecule has 6 aliphatic rings. The van der Waals surface area contributed by atoms with Crippen LogP contribution in [0.3, 0.4) is 0 Å². The molecule has 5 atom stereocenters. The molecule has 0 unspecified atom stereocenters. The molecule has 4 nitrogen and oxygen atoms in total. The molecule has 0 amide bonds. The van der Waals surface area contributed by atoms with Crippen molar-refractivity contribution in [1.29, 1.82) is 0 Å². The van der Waals surface area contributed by atoms with Gasteiger partial charge in [-0.1, -0.05) is 33.3 Å². The molecule has 4 heteroatoms. The molecule has 0 N–H and O–H groups in total. The number of allylic oxidation sites excluding steroid dienone is 1. The fourth-order valence-corrected chi connectivity index (χ4v) is 8.02. The van der Waals surface area contributed by atoms with Gasteiger partial charge in [-0.2, -0.15) is 0 Å². The highest BCUT2D eigenvalue weighted by molar-refractivity contribution is 5.88. The zero-order valence-corrected chi connectivity index (χ0v) is 18.6. The minimum atomic E-state index is -0.443. The van der Waals surface area contributed by atoms with Gasteiger partial charge in [-0.25, -0.2) is 0 Å². The molecule has 2 saturated heterocycles. The maximum Gasteiger partial charge on any atom is 0.171 e. The molecule has 6 rings (SSSR count). The quantitative estimate of drug-likeness (QED) is 0.461. The third kappa shape index (κ3) is 2.29. The van der Waals surface area contributed by atoms with E-state index in [1.54, 1.807) is 5.57 Å². The number of Topliss-reactive ketones (excluding diaryl/α,β-unsaturated/α-hetero) is 1. The van der Waals surface area contributed by atoms with Crippen LogP contribution in [0.1, 0.15) is 85.5 Å². The number of ketones is 1. The van der Waals surface area contributed by atoms with Crippen molar-refractivity contribution in [3.8, 4) is 0 Å². The first-order valence-electron chi connectivity index (χ1n) is 11.9. The molecule has 0 bridgehead atoms. The van der Waals surface area contributed by atoms with Crippen molar-refractivity contribution in [2.24, 2.45) is 22.7 Å². The molecule has 0 aromatic heterocycles. The number of carbonyl (C=O) groups excluding carboxylic acids is 1. The number of carbonyl (C=O) groups is 1. The highest BCUT2D eigenvalue weighted by atomic mass is 16.7. The van der Waals surface area contributed by atoms with Gasteiger partial charge in [-0.3, -0.25) is 4.79 Å². The maximum atomic E-state index is 12.8. The van der Waals surface area contributed by atoms with Gasteiger partial charge in [0.15, 0.2) is 5.79 Å². The molecule has 0 aromatic rings. The Morgan fingerprint density at radius 2 is 1.79 bits per heavy atom. The van der Waals surface area contributed by atoms with Gasteiger partial charge in [0, 0.05) is 30.1 Å². The molecular weight excluding hydrogens is 364 g/mol. The summed E-state index contributed by atoms with van der Waals surface area (Å²) >= 11 is 0. The fourth-order valence-electron chi connectivity index (χ4n) is 8.02. The molecule has 0 aromatic carbocycles. The molecule has 2 heterocycles. The van der Waals surface area contributed by atoms with Gasteiger partial charge in [0.25, 0.3) is 0 Å². The van der Waals surface area contributed by atoms with E-state index >= 15 is 0 Å². The number of hydrogen-bond donors (Lipinski definition) is 0. The number of hydrogen-bond acceptors (Lipinski definition) is 4. The van der Waals surface area contributed by atoms with Crippen molar-refractivity contribution in [2.45, 2.75) is 102 Å². The standard InChI is InChI=1S/C25H36O4/c1-5-16-12-22(4)18(6-7-19(22)26)17-8-9-23-13-24(27-14-21(2,3)15-28-24)10-11-25(23,29-23)20(16)17/h17-18H,5-15H2,1-4H3/t17-,18-,22-,23+,25+/m0/s1. The van der Waals surface area contributed by atoms with Gasteiger partial charge < -0.3 is 14.2 Å². The van der Waals surface area contributed by atoms with Crippen LogP contribution in [0.25, 0.3) is 0 Å². The molecule has 0 radical (unpaired) electrons. The Bertz CT molecular complexity index is 802. The highest BCUT2D eigenvalue weighted by Crippen LogP contribution is 2.74. The van der Waals surface area contributed by atoms with Crippen LogP contribution in [-0.2, 0) is 19.0 Å². The van der Waals surface area contributed by atoms with Crippen LogP contribution in [0.5, 0.6) is 0 Å². The summed E-state index contributed by atoms with van der Waals surface area (Å²) in [5.74, 6) is 1.14. The topological polar surface area (TPSA) is 48.1 Å². The summed E-state index contributed by atoms with van der Waals surface area (Å²) in [6.45, 7) is 10.5.